The Morgan fingerprint density at radius 1 is 1.40 bits per heavy atom. The minimum atomic E-state index is -1.04. The number of carboxylic acids is 1. The minimum Gasteiger partial charge on any atom is -0.478 e. The molecule has 3 N–H and O–H groups in total. The number of carbonyl (C=O) groups is 2. The van der Waals surface area contributed by atoms with E-state index in [9.17, 15) is 9.59 Å². The van der Waals surface area contributed by atoms with E-state index in [1.54, 1.807) is 6.07 Å². The Hall–Kier alpha value is -1.60. The summed E-state index contributed by atoms with van der Waals surface area (Å²) in [7, 11) is 2.01. The van der Waals surface area contributed by atoms with Crippen molar-refractivity contribution in [3.05, 3.63) is 28.2 Å². The van der Waals surface area contributed by atoms with Gasteiger partial charge in [-0.25, -0.2) is 9.59 Å². The van der Waals surface area contributed by atoms with Gasteiger partial charge in [0.05, 0.1) is 5.56 Å². The number of halogens is 1. The maximum atomic E-state index is 11.9. The quantitative estimate of drug-likeness (QED) is 0.785. The number of carbonyl (C=O) groups excluding carboxylic acids is 1. The van der Waals surface area contributed by atoms with Crippen LogP contribution in [0.1, 0.15) is 16.8 Å². The predicted octanol–water partition coefficient (Wildman–Crippen LogP) is 1.97. The molecule has 6 nitrogen and oxygen atoms in total. The molecular weight excluding hydrogens is 326 g/mol. The van der Waals surface area contributed by atoms with Crippen molar-refractivity contribution in [3.63, 3.8) is 0 Å². The number of likely N-dealkylation sites (N-methyl/N-ethyl adjacent to an activating group) is 1. The summed E-state index contributed by atoms with van der Waals surface area (Å²) in [5, 5.41) is 14.5. The van der Waals surface area contributed by atoms with Gasteiger partial charge in [0, 0.05) is 22.7 Å². The van der Waals surface area contributed by atoms with Gasteiger partial charge < -0.3 is 20.6 Å². The van der Waals surface area contributed by atoms with E-state index in [1.807, 2.05) is 7.05 Å². The standard InChI is InChI=1S/C13H16BrN3O3/c1-17-3-2-10(7-17)15-13(20)16-11-5-8(12(18)19)4-9(14)6-11/h4-6,10H,2-3,7H2,1H3,(H,18,19)(H2,15,16,20). The van der Waals surface area contributed by atoms with E-state index in [2.05, 4.69) is 31.5 Å². The second-order valence-electron chi connectivity index (χ2n) is 4.88. The Balaban J connectivity index is 1.98. The van der Waals surface area contributed by atoms with Gasteiger partial charge in [-0.05, 0) is 38.2 Å². The Kier molecular flexibility index (Phi) is 4.61. The van der Waals surface area contributed by atoms with Crippen LogP contribution in [-0.2, 0) is 0 Å². The van der Waals surface area contributed by atoms with Crippen molar-refractivity contribution in [1.82, 2.24) is 10.2 Å². The van der Waals surface area contributed by atoms with Crippen molar-refractivity contribution in [1.29, 1.82) is 0 Å². The number of carboxylic acid groups (broad SMARTS) is 1. The molecule has 20 heavy (non-hydrogen) atoms. The van der Waals surface area contributed by atoms with Crippen molar-refractivity contribution >= 4 is 33.6 Å². The van der Waals surface area contributed by atoms with Gasteiger partial charge in [0.2, 0.25) is 0 Å². The van der Waals surface area contributed by atoms with Crippen molar-refractivity contribution < 1.29 is 14.7 Å². The van der Waals surface area contributed by atoms with Gasteiger partial charge in [-0.3, -0.25) is 0 Å². The fourth-order valence-electron chi connectivity index (χ4n) is 2.19. The molecule has 1 aromatic carbocycles. The molecule has 1 aliphatic heterocycles. The van der Waals surface area contributed by atoms with Crippen LogP contribution >= 0.6 is 15.9 Å². The highest BCUT2D eigenvalue weighted by molar-refractivity contribution is 9.10. The van der Waals surface area contributed by atoms with Crippen LogP contribution in [0.4, 0.5) is 10.5 Å². The predicted molar refractivity (Wildman–Crippen MR) is 79.2 cm³/mol. The molecule has 1 saturated heterocycles. The lowest BCUT2D eigenvalue weighted by Gasteiger charge is -2.14. The van der Waals surface area contributed by atoms with Crippen LogP contribution in [0.2, 0.25) is 0 Å². The first kappa shape index (κ1) is 14.8. The van der Waals surface area contributed by atoms with E-state index in [-0.39, 0.29) is 17.6 Å². The van der Waals surface area contributed by atoms with Gasteiger partial charge in [-0.15, -0.1) is 0 Å². The molecule has 1 unspecified atom stereocenters. The number of rotatable bonds is 3. The molecule has 0 aliphatic carbocycles. The van der Waals surface area contributed by atoms with Gasteiger partial charge in [-0.2, -0.15) is 0 Å². The number of likely N-dealkylation sites (tertiary alicyclic amines) is 1. The molecule has 108 valence electrons. The first-order valence-electron chi connectivity index (χ1n) is 6.24. The summed E-state index contributed by atoms with van der Waals surface area (Å²) in [5.74, 6) is -1.04. The van der Waals surface area contributed by atoms with Gasteiger partial charge in [-0.1, -0.05) is 15.9 Å². The normalized spacial score (nSPS) is 18.8. The molecule has 0 saturated carbocycles. The SMILES string of the molecule is CN1CCC(NC(=O)Nc2cc(Br)cc(C(=O)O)c2)C1. The number of benzene rings is 1. The van der Waals surface area contributed by atoms with Crippen LogP contribution in [0.3, 0.4) is 0 Å². The fraction of sp³-hybridized carbons (Fsp3) is 0.385. The number of hydrogen-bond acceptors (Lipinski definition) is 3. The molecule has 2 amide bonds. The lowest BCUT2D eigenvalue weighted by atomic mass is 10.2. The first-order chi connectivity index (χ1) is 9.44. The minimum absolute atomic E-state index is 0.121. The third-order valence-corrected chi connectivity index (χ3v) is 3.59. The molecule has 1 aliphatic rings. The van der Waals surface area contributed by atoms with E-state index in [0.29, 0.717) is 10.2 Å². The summed E-state index contributed by atoms with van der Waals surface area (Å²) in [6, 6.07) is 4.38. The van der Waals surface area contributed by atoms with E-state index in [0.717, 1.165) is 19.5 Å². The fourth-order valence-corrected chi connectivity index (χ4v) is 2.68. The number of urea groups is 1. The first-order valence-corrected chi connectivity index (χ1v) is 7.03. The zero-order chi connectivity index (χ0) is 14.7. The average Bonchev–Trinajstić information content (AvgIpc) is 2.73. The molecule has 1 fully saturated rings. The smallest absolute Gasteiger partial charge is 0.335 e. The summed E-state index contributed by atoms with van der Waals surface area (Å²) < 4.78 is 0.605. The molecule has 0 bridgehead atoms. The van der Waals surface area contributed by atoms with Crippen LogP contribution in [-0.4, -0.2) is 48.2 Å². The number of nitrogens with one attached hydrogen (secondary N) is 2. The molecule has 7 heteroatoms. The van der Waals surface area contributed by atoms with Crippen molar-refractivity contribution in [2.24, 2.45) is 0 Å². The highest BCUT2D eigenvalue weighted by atomic mass is 79.9. The van der Waals surface area contributed by atoms with E-state index < -0.39 is 5.97 Å². The zero-order valence-electron chi connectivity index (χ0n) is 11.0. The van der Waals surface area contributed by atoms with Crippen LogP contribution in [0.25, 0.3) is 0 Å². The van der Waals surface area contributed by atoms with Crippen LogP contribution in [0, 0.1) is 0 Å². The lowest BCUT2D eigenvalue weighted by Crippen LogP contribution is -2.39. The maximum Gasteiger partial charge on any atom is 0.335 e. The third-order valence-electron chi connectivity index (χ3n) is 3.13. The highest BCUT2D eigenvalue weighted by Crippen LogP contribution is 2.19. The summed E-state index contributed by atoms with van der Waals surface area (Å²) >= 11 is 3.23. The van der Waals surface area contributed by atoms with E-state index in [4.69, 9.17) is 5.11 Å². The zero-order valence-corrected chi connectivity index (χ0v) is 12.6. The summed E-state index contributed by atoms with van der Waals surface area (Å²) in [6.07, 6.45) is 0.919. The Morgan fingerprint density at radius 3 is 2.75 bits per heavy atom. The number of amides is 2. The molecule has 1 atom stereocenters. The van der Waals surface area contributed by atoms with Crippen LogP contribution in [0.15, 0.2) is 22.7 Å². The van der Waals surface area contributed by atoms with E-state index in [1.165, 1.54) is 12.1 Å². The highest BCUT2D eigenvalue weighted by Gasteiger charge is 2.21. The topological polar surface area (TPSA) is 81.7 Å². The average molecular weight is 342 g/mol. The van der Waals surface area contributed by atoms with Crippen molar-refractivity contribution in [3.8, 4) is 0 Å². The lowest BCUT2D eigenvalue weighted by molar-refractivity contribution is 0.0697. The molecule has 0 spiro atoms. The second kappa shape index (κ2) is 6.23. The Labute approximate surface area is 125 Å². The summed E-state index contributed by atoms with van der Waals surface area (Å²) in [4.78, 5) is 25.0. The number of aromatic carboxylic acids is 1. The van der Waals surface area contributed by atoms with Crippen LogP contribution in [0.5, 0.6) is 0 Å². The largest absolute Gasteiger partial charge is 0.478 e. The van der Waals surface area contributed by atoms with Gasteiger partial charge >= 0.3 is 12.0 Å². The second-order valence-corrected chi connectivity index (χ2v) is 5.80. The third kappa shape index (κ3) is 3.94. The van der Waals surface area contributed by atoms with Gasteiger partial charge in [0.15, 0.2) is 0 Å². The maximum absolute atomic E-state index is 11.9. The Bertz CT molecular complexity index is 536. The van der Waals surface area contributed by atoms with Gasteiger partial charge in [0.1, 0.15) is 0 Å². The van der Waals surface area contributed by atoms with Crippen molar-refractivity contribution in [2.45, 2.75) is 12.5 Å². The number of anilines is 1. The molecule has 0 radical (unpaired) electrons. The molecule has 1 aromatic rings. The summed E-state index contributed by atoms with van der Waals surface area (Å²) in [6.45, 7) is 1.79. The van der Waals surface area contributed by atoms with Gasteiger partial charge in [0.25, 0.3) is 0 Å². The number of hydrogen-bond donors (Lipinski definition) is 3. The molecule has 1 heterocycles. The molecule has 2 rings (SSSR count). The summed E-state index contributed by atoms with van der Waals surface area (Å²) in [5.41, 5.74) is 0.566. The Morgan fingerprint density at radius 2 is 2.15 bits per heavy atom. The molecular formula is C13H16BrN3O3. The number of nitrogens with zero attached hydrogens (tertiary/aromatic N) is 1. The van der Waals surface area contributed by atoms with Crippen molar-refractivity contribution in [2.75, 3.05) is 25.5 Å². The van der Waals surface area contributed by atoms with E-state index >= 15 is 0 Å². The van der Waals surface area contributed by atoms with Crippen LogP contribution < -0.4 is 10.6 Å². The monoisotopic (exact) mass is 341 g/mol. The molecule has 0 aromatic heterocycles.